The third-order valence-electron chi connectivity index (χ3n) is 2.31. The Hall–Kier alpha value is -0.700. The first-order chi connectivity index (χ1) is 6.36. The largest absolute Gasteiger partial charge is 0.469 e. The van der Waals surface area contributed by atoms with E-state index in [0.717, 1.165) is 23.7 Å². The number of rotatable bonds is 3. The monoisotopic (exact) mass is 196 g/mol. The van der Waals surface area contributed by atoms with Gasteiger partial charge < -0.3 is 4.42 Å². The van der Waals surface area contributed by atoms with Crippen LogP contribution in [0.15, 0.2) is 22.8 Å². The summed E-state index contributed by atoms with van der Waals surface area (Å²) in [6.07, 6.45) is 3.13. The van der Waals surface area contributed by atoms with Gasteiger partial charge in [-0.05, 0) is 24.3 Å². The summed E-state index contributed by atoms with van der Waals surface area (Å²) in [5.74, 6) is 3.53. The van der Waals surface area contributed by atoms with Crippen LogP contribution in [0.2, 0.25) is 0 Å². The zero-order chi connectivity index (χ0) is 9.10. The number of hydrogen-bond acceptors (Lipinski definition) is 3. The van der Waals surface area contributed by atoms with E-state index in [1.165, 1.54) is 0 Å². The van der Waals surface area contributed by atoms with Crippen LogP contribution in [-0.4, -0.2) is 17.3 Å². The van der Waals surface area contributed by atoms with Gasteiger partial charge in [0, 0.05) is 11.7 Å². The van der Waals surface area contributed by atoms with Crippen molar-refractivity contribution in [1.29, 1.82) is 0 Å². The standard InChI is InChI=1S/C10H12O2S/c11-10(8-3-5-13-7-8)6-9-2-1-4-12-9/h1-2,4,8H,3,5-7H2. The lowest BCUT2D eigenvalue weighted by Crippen LogP contribution is -2.15. The van der Waals surface area contributed by atoms with Gasteiger partial charge in [-0.3, -0.25) is 4.79 Å². The third-order valence-corrected chi connectivity index (χ3v) is 3.48. The van der Waals surface area contributed by atoms with E-state index in [9.17, 15) is 4.79 Å². The summed E-state index contributed by atoms with van der Waals surface area (Å²) in [6.45, 7) is 0. The van der Waals surface area contributed by atoms with Gasteiger partial charge >= 0.3 is 0 Å². The van der Waals surface area contributed by atoms with Crippen molar-refractivity contribution in [1.82, 2.24) is 0 Å². The Morgan fingerprint density at radius 3 is 3.23 bits per heavy atom. The molecule has 70 valence electrons. The first-order valence-electron chi connectivity index (χ1n) is 4.49. The molecule has 0 amide bonds. The van der Waals surface area contributed by atoms with E-state index in [4.69, 9.17) is 4.42 Å². The summed E-state index contributed by atoms with van der Waals surface area (Å²) >= 11 is 1.87. The van der Waals surface area contributed by atoms with Gasteiger partial charge in [-0.15, -0.1) is 0 Å². The molecular formula is C10H12O2S. The molecule has 1 atom stereocenters. The van der Waals surface area contributed by atoms with Crippen molar-refractivity contribution in [2.75, 3.05) is 11.5 Å². The minimum atomic E-state index is 0.273. The molecule has 1 unspecified atom stereocenters. The highest BCUT2D eigenvalue weighted by Gasteiger charge is 2.23. The van der Waals surface area contributed by atoms with Crippen LogP contribution in [0.25, 0.3) is 0 Å². The lowest BCUT2D eigenvalue weighted by Gasteiger charge is -2.04. The summed E-state index contributed by atoms with van der Waals surface area (Å²) in [5.41, 5.74) is 0. The number of ketones is 1. The maximum Gasteiger partial charge on any atom is 0.144 e. The molecule has 1 aliphatic heterocycles. The average Bonchev–Trinajstić information content (AvgIpc) is 2.74. The number of hydrogen-bond donors (Lipinski definition) is 0. The summed E-state index contributed by atoms with van der Waals surface area (Å²) in [4.78, 5) is 11.6. The number of Topliss-reactive ketones (excluding diaryl/α,β-unsaturated/α-hetero) is 1. The quantitative estimate of drug-likeness (QED) is 0.742. The molecular weight excluding hydrogens is 184 g/mol. The van der Waals surface area contributed by atoms with E-state index in [-0.39, 0.29) is 5.92 Å². The second kappa shape index (κ2) is 4.01. The minimum Gasteiger partial charge on any atom is -0.469 e. The Morgan fingerprint density at radius 1 is 1.69 bits per heavy atom. The van der Waals surface area contributed by atoms with Crippen LogP contribution in [-0.2, 0) is 11.2 Å². The van der Waals surface area contributed by atoms with E-state index >= 15 is 0 Å². The zero-order valence-electron chi connectivity index (χ0n) is 7.36. The predicted molar refractivity (Wildman–Crippen MR) is 52.9 cm³/mol. The number of carbonyl (C=O) groups is 1. The second-order valence-corrected chi connectivity index (χ2v) is 4.43. The predicted octanol–water partition coefficient (Wildman–Crippen LogP) is 2.14. The van der Waals surface area contributed by atoms with Crippen LogP contribution in [0.5, 0.6) is 0 Å². The Labute approximate surface area is 81.7 Å². The molecule has 3 heteroatoms. The van der Waals surface area contributed by atoms with Gasteiger partial charge in [0.15, 0.2) is 0 Å². The molecule has 0 saturated carbocycles. The first kappa shape index (κ1) is 8.88. The molecule has 0 spiro atoms. The van der Waals surface area contributed by atoms with E-state index in [0.29, 0.717) is 12.2 Å². The van der Waals surface area contributed by atoms with Crippen molar-refractivity contribution in [3.63, 3.8) is 0 Å². The van der Waals surface area contributed by atoms with Crippen LogP contribution < -0.4 is 0 Å². The Kier molecular flexibility index (Phi) is 2.74. The average molecular weight is 196 g/mol. The van der Waals surface area contributed by atoms with Crippen LogP contribution in [0.4, 0.5) is 0 Å². The van der Waals surface area contributed by atoms with Crippen molar-refractivity contribution in [3.8, 4) is 0 Å². The summed E-state index contributed by atoms with van der Waals surface area (Å²) < 4.78 is 5.14. The highest BCUT2D eigenvalue weighted by Crippen LogP contribution is 2.25. The second-order valence-electron chi connectivity index (χ2n) is 3.28. The van der Waals surface area contributed by atoms with Gasteiger partial charge in [0.1, 0.15) is 11.5 Å². The van der Waals surface area contributed by atoms with Crippen molar-refractivity contribution in [2.45, 2.75) is 12.8 Å². The molecule has 1 aromatic rings. The summed E-state index contributed by atoms with van der Waals surface area (Å²) in [5, 5.41) is 0. The van der Waals surface area contributed by atoms with Crippen molar-refractivity contribution in [3.05, 3.63) is 24.2 Å². The molecule has 1 fully saturated rings. The molecule has 2 rings (SSSR count). The molecule has 13 heavy (non-hydrogen) atoms. The lowest BCUT2D eigenvalue weighted by molar-refractivity contribution is -0.121. The highest BCUT2D eigenvalue weighted by molar-refractivity contribution is 7.99. The molecule has 0 aliphatic carbocycles. The zero-order valence-corrected chi connectivity index (χ0v) is 8.18. The van der Waals surface area contributed by atoms with Crippen LogP contribution in [0.1, 0.15) is 12.2 Å². The molecule has 1 aromatic heterocycles. The molecule has 0 aromatic carbocycles. The van der Waals surface area contributed by atoms with Gasteiger partial charge in [-0.2, -0.15) is 11.8 Å². The van der Waals surface area contributed by atoms with Crippen molar-refractivity contribution < 1.29 is 9.21 Å². The smallest absolute Gasteiger partial charge is 0.144 e. The fraction of sp³-hybridized carbons (Fsp3) is 0.500. The number of carbonyl (C=O) groups excluding carboxylic acids is 1. The Bertz CT molecular complexity index is 273. The van der Waals surface area contributed by atoms with E-state index in [2.05, 4.69) is 0 Å². The Balaban J connectivity index is 1.91. The molecule has 2 nitrogen and oxygen atoms in total. The van der Waals surface area contributed by atoms with Crippen molar-refractivity contribution >= 4 is 17.5 Å². The SMILES string of the molecule is O=C(Cc1ccco1)C1CCSC1. The summed E-state index contributed by atoms with van der Waals surface area (Å²) in [7, 11) is 0. The Morgan fingerprint density at radius 2 is 2.62 bits per heavy atom. The fourth-order valence-electron chi connectivity index (χ4n) is 1.52. The van der Waals surface area contributed by atoms with Gasteiger partial charge in [0.05, 0.1) is 12.7 Å². The molecule has 0 radical (unpaired) electrons. The van der Waals surface area contributed by atoms with Crippen molar-refractivity contribution in [2.24, 2.45) is 5.92 Å². The van der Waals surface area contributed by atoms with Gasteiger partial charge in [0.25, 0.3) is 0 Å². The van der Waals surface area contributed by atoms with Crippen LogP contribution in [0.3, 0.4) is 0 Å². The van der Waals surface area contributed by atoms with Gasteiger partial charge in [-0.25, -0.2) is 0 Å². The lowest BCUT2D eigenvalue weighted by atomic mass is 10.0. The van der Waals surface area contributed by atoms with Gasteiger partial charge in [-0.1, -0.05) is 0 Å². The first-order valence-corrected chi connectivity index (χ1v) is 5.64. The molecule has 0 N–H and O–H groups in total. The van der Waals surface area contributed by atoms with E-state index in [1.807, 2.05) is 23.9 Å². The fourth-order valence-corrected chi connectivity index (χ4v) is 2.77. The van der Waals surface area contributed by atoms with Crippen LogP contribution in [0, 0.1) is 5.92 Å². The molecule has 0 bridgehead atoms. The maximum atomic E-state index is 11.6. The molecule has 1 aliphatic rings. The molecule has 1 saturated heterocycles. The van der Waals surface area contributed by atoms with E-state index in [1.54, 1.807) is 6.26 Å². The number of furan rings is 1. The summed E-state index contributed by atoms with van der Waals surface area (Å²) in [6, 6.07) is 3.69. The van der Waals surface area contributed by atoms with E-state index < -0.39 is 0 Å². The topological polar surface area (TPSA) is 30.2 Å². The highest BCUT2D eigenvalue weighted by atomic mass is 32.2. The minimum absolute atomic E-state index is 0.273. The molecule has 2 heterocycles. The maximum absolute atomic E-state index is 11.6. The number of thioether (sulfide) groups is 1. The van der Waals surface area contributed by atoms with Gasteiger partial charge in [0.2, 0.25) is 0 Å². The van der Waals surface area contributed by atoms with Crippen LogP contribution >= 0.6 is 11.8 Å². The normalized spacial score (nSPS) is 22.0. The third kappa shape index (κ3) is 2.15.